The first kappa shape index (κ1) is 16.0. The molecule has 0 saturated heterocycles. The Bertz CT molecular complexity index is 502. The lowest BCUT2D eigenvalue weighted by Gasteiger charge is -2.08. The summed E-state index contributed by atoms with van der Waals surface area (Å²) in [5.41, 5.74) is 0. The Labute approximate surface area is 119 Å². The van der Waals surface area contributed by atoms with Crippen molar-refractivity contribution in [1.82, 2.24) is 10.5 Å². The van der Waals surface area contributed by atoms with Crippen LogP contribution in [-0.4, -0.2) is 45.6 Å². The normalized spacial score (nSPS) is 11.7. The molecule has 0 aromatic carbocycles. The topological polar surface area (TPSA) is 122 Å². The fraction of sp³-hybridized carbons (Fsp3) is 0.455. The molecule has 0 aliphatic rings. The number of aromatic nitrogens is 1. The molecule has 1 aromatic rings. The number of nitrogens with one attached hydrogen (secondary N) is 2. The summed E-state index contributed by atoms with van der Waals surface area (Å²) in [6.07, 6.45) is 0. The molecule has 110 valence electrons. The molecule has 0 aliphatic heterocycles. The molecule has 1 heterocycles. The van der Waals surface area contributed by atoms with Gasteiger partial charge in [-0.1, -0.05) is 5.16 Å². The zero-order valence-corrected chi connectivity index (χ0v) is 11.8. The molecule has 0 bridgehead atoms. The summed E-state index contributed by atoms with van der Waals surface area (Å²) >= 11 is 1.07. The van der Waals surface area contributed by atoms with Crippen LogP contribution in [0.15, 0.2) is 10.6 Å². The first-order valence-corrected chi connectivity index (χ1v) is 6.87. The number of aliphatic carboxylic acids is 1. The van der Waals surface area contributed by atoms with Crippen LogP contribution in [0.2, 0.25) is 0 Å². The van der Waals surface area contributed by atoms with Crippen molar-refractivity contribution >= 4 is 35.4 Å². The highest BCUT2D eigenvalue weighted by atomic mass is 32.2. The summed E-state index contributed by atoms with van der Waals surface area (Å²) in [4.78, 5) is 33.4. The van der Waals surface area contributed by atoms with Gasteiger partial charge in [-0.15, -0.1) is 11.8 Å². The van der Waals surface area contributed by atoms with E-state index >= 15 is 0 Å². The maximum absolute atomic E-state index is 11.5. The predicted molar refractivity (Wildman–Crippen MR) is 72.4 cm³/mol. The Kier molecular flexibility index (Phi) is 6.04. The molecule has 8 nitrogen and oxygen atoms in total. The van der Waals surface area contributed by atoms with Crippen molar-refractivity contribution in [2.24, 2.45) is 0 Å². The number of hydrogen-bond acceptors (Lipinski definition) is 6. The highest BCUT2D eigenvalue weighted by Crippen LogP contribution is 2.08. The first-order valence-electron chi connectivity index (χ1n) is 5.71. The minimum Gasteiger partial charge on any atom is -0.480 e. The van der Waals surface area contributed by atoms with Crippen molar-refractivity contribution in [2.75, 3.05) is 16.8 Å². The van der Waals surface area contributed by atoms with Crippen LogP contribution in [0.3, 0.4) is 0 Å². The molecule has 0 spiro atoms. The Morgan fingerprint density at radius 2 is 2.05 bits per heavy atom. The van der Waals surface area contributed by atoms with E-state index < -0.39 is 17.9 Å². The second-order valence-corrected chi connectivity index (χ2v) is 4.98. The summed E-state index contributed by atoms with van der Waals surface area (Å²) in [6.45, 7) is 3.07. The Hall–Kier alpha value is -2.03. The lowest BCUT2D eigenvalue weighted by Crippen LogP contribution is -2.39. The van der Waals surface area contributed by atoms with Gasteiger partial charge in [-0.25, -0.2) is 0 Å². The van der Waals surface area contributed by atoms with Crippen molar-refractivity contribution in [3.8, 4) is 0 Å². The van der Waals surface area contributed by atoms with E-state index in [-0.39, 0.29) is 17.4 Å². The van der Waals surface area contributed by atoms with E-state index in [1.807, 2.05) is 0 Å². The van der Waals surface area contributed by atoms with Crippen LogP contribution in [0.1, 0.15) is 12.7 Å². The standard InChI is InChI=1S/C11H15N3O5S/c1-6-3-8(14-19-6)13-10(16)5-20-4-9(15)12-7(2)11(17)18/h3,7H,4-5H2,1-2H3,(H,12,15)(H,17,18)(H,13,14,16)/t7-/m0/s1. The van der Waals surface area contributed by atoms with E-state index in [0.717, 1.165) is 11.8 Å². The Morgan fingerprint density at radius 1 is 1.40 bits per heavy atom. The average molecular weight is 301 g/mol. The highest BCUT2D eigenvalue weighted by molar-refractivity contribution is 8.00. The van der Waals surface area contributed by atoms with Crippen LogP contribution < -0.4 is 10.6 Å². The summed E-state index contributed by atoms with van der Waals surface area (Å²) in [6, 6.07) is 0.624. The van der Waals surface area contributed by atoms with E-state index in [2.05, 4.69) is 15.8 Å². The number of carbonyl (C=O) groups excluding carboxylic acids is 2. The molecule has 0 saturated carbocycles. The number of carbonyl (C=O) groups is 3. The molecule has 0 aliphatic carbocycles. The number of carboxylic acids is 1. The molecule has 3 N–H and O–H groups in total. The summed E-state index contributed by atoms with van der Waals surface area (Å²) in [5, 5.41) is 17.0. The van der Waals surface area contributed by atoms with Gasteiger partial charge < -0.3 is 20.3 Å². The second-order valence-electron chi connectivity index (χ2n) is 3.99. The Morgan fingerprint density at radius 3 is 2.60 bits per heavy atom. The molecule has 0 unspecified atom stereocenters. The van der Waals surface area contributed by atoms with Gasteiger partial charge in [0.2, 0.25) is 11.8 Å². The maximum Gasteiger partial charge on any atom is 0.325 e. The summed E-state index contributed by atoms with van der Waals surface area (Å²) in [7, 11) is 0. The third kappa shape index (κ3) is 5.74. The van der Waals surface area contributed by atoms with Crippen molar-refractivity contribution in [3.05, 3.63) is 11.8 Å². The SMILES string of the molecule is Cc1cc(NC(=O)CSCC(=O)N[C@@H](C)C(=O)O)no1. The highest BCUT2D eigenvalue weighted by Gasteiger charge is 2.14. The number of carboxylic acid groups (broad SMARTS) is 1. The lowest BCUT2D eigenvalue weighted by molar-refractivity contribution is -0.140. The van der Waals surface area contributed by atoms with Crippen LogP contribution in [0, 0.1) is 6.92 Å². The zero-order valence-electron chi connectivity index (χ0n) is 11.0. The number of anilines is 1. The molecular formula is C11H15N3O5S. The van der Waals surface area contributed by atoms with Crippen molar-refractivity contribution in [2.45, 2.75) is 19.9 Å². The fourth-order valence-corrected chi connectivity index (χ4v) is 1.81. The molecule has 1 aromatic heterocycles. The molecule has 0 radical (unpaired) electrons. The molecule has 2 amide bonds. The van der Waals surface area contributed by atoms with E-state index in [1.165, 1.54) is 6.92 Å². The minimum absolute atomic E-state index is 0.00286. The smallest absolute Gasteiger partial charge is 0.325 e. The predicted octanol–water partition coefficient (Wildman–Crippen LogP) is 0.244. The second kappa shape index (κ2) is 7.53. The quantitative estimate of drug-likeness (QED) is 0.659. The summed E-state index contributed by atoms with van der Waals surface area (Å²) in [5.74, 6) is -0.907. The van der Waals surface area contributed by atoms with Gasteiger partial charge in [0.15, 0.2) is 5.82 Å². The number of amides is 2. The van der Waals surface area contributed by atoms with Gasteiger partial charge in [-0.05, 0) is 13.8 Å². The van der Waals surface area contributed by atoms with Gasteiger partial charge in [0.25, 0.3) is 0 Å². The van der Waals surface area contributed by atoms with E-state index in [0.29, 0.717) is 11.6 Å². The van der Waals surface area contributed by atoms with Crippen LogP contribution in [0.5, 0.6) is 0 Å². The van der Waals surface area contributed by atoms with Crippen molar-refractivity contribution < 1.29 is 24.0 Å². The molecule has 9 heteroatoms. The van der Waals surface area contributed by atoms with Crippen molar-refractivity contribution in [3.63, 3.8) is 0 Å². The van der Waals surface area contributed by atoms with Crippen molar-refractivity contribution in [1.29, 1.82) is 0 Å². The number of aryl methyl sites for hydroxylation is 1. The molecule has 1 atom stereocenters. The van der Waals surface area contributed by atoms with Gasteiger partial charge >= 0.3 is 5.97 Å². The van der Waals surface area contributed by atoms with Gasteiger partial charge in [0.05, 0.1) is 11.5 Å². The minimum atomic E-state index is -1.11. The van der Waals surface area contributed by atoms with Crippen LogP contribution in [-0.2, 0) is 14.4 Å². The Balaban J connectivity index is 2.21. The third-order valence-corrected chi connectivity index (χ3v) is 3.04. The van der Waals surface area contributed by atoms with E-state index in [1.54, 1.807) is 13.0 Å². The van der Waals surface area contributed by atoms with E-state index in [9.17, 15) is 14.4 Å². The average Bonchev–Trinajstić information content (AvgIpc) is 2.74. The van der Waals surface area contributed by atoms with Crippen LogP contribution in [0.4, 0.5) is 5.82 Å². The monoisotopic (exact) mass is 301 g/mol. The molecule has 20 heavy (non-hydrogen) atoms. The largest absolute Gasteiger partial charge is 0.480 e. The summed E-state index contributed by atoms with van der Waals surface area (Å²) < 4.78 is 4.78. The van der Waals surface area contributed by atoms with Gasteiger partial charge in [-0.3, -0.25) is 14.4 Å². The first-order chi connectivity index (χ1) is 9.38. The zero-order chi connectivity index (χ0) is 15.1. The number of nitrogens with zero attached hydrogens (tertiary/aromatic N) is 1. The lowest BCUT2D eigenvalue weighted by atomic mass is 10.3. The molecule has 1 rings (SSSR count). The van der Waals surface area contributed by atoms with Gasteiger partial charge in [-0.2, -0.15) is 0 Å². The number of rotatable bonds is 7. The number of thioether (sulfide) groups is 1. The van der Waals surface area contributed by atoms with Crippen LogP contribution in [0.25, 0.3) is 0 Å². The van der Waals surface area contributed by atoms with Crippen LogP contribution >= 0.6 is 11.8 Å². The van der Waals surface area contributed by atoms with Gasteiger partial charge in [0.1, 0.15) is 11.8 Å². The molecular weight excluding hydrogens is 286 g/mol. The fourth-order valence-electron chi connectivity index (χ4n) is 1.19. The van der Waals surface area contributed by atoms with Gasteiger partial charge in [0, 0.05) is 6.07 Å². The maximum atomic E-state index is 11.5. The number of hydrogen-bond donors (Lipinski definition) is 3. The third-order valence-electron chi connectivity index (χ3n) is 2.11. The van der Waals surface area contributed by atoms with E-state index in [4.69, 9.17) is 9.63 Å². The molecule has 0 fully saturated rings.